The third-order valence-corrected chi connectivity index (χ3v) is 3.75. The maximum Gasteiger partial charge on any atom is 0.337 e. The summed E-state index contributed by atoms with van der Waals surface area (Å²) in [5.74, 6) is -1.36. The predicted molar refractivity (Wildman–Crippen MR) is 64.0 cm³/mol. The van der Waals surface area contributed by atoms with E-state index in [0.29, 0.717) is 10.9 Å². The molecular formula is C11H11NO5S. The van der Waals surface area contributed by atoms with Gasteiger partial charge in [-0.1, -0.05) is 6.07 Å². The molecule has 3 N–H and O–H groups in total. The summed E-state index contributed by atoms with van der Waals surface area (Å²) in [7, 11) is -3.32. The molecule has 2 rings (SSSR count). The maximum absolute atomic E-state index is 11.4. The number of aliphatic carboxylic acids is 1. The number of carboxylic acids is 1. The number of rotatable bonds is 3. The highest BCUT2D eigenvalue weighted by Crippen LogP contribution is 2.26. The van der Waals surface area contributed by atoms with Gasteiger partial charge in [-0.3, -0.25) is 0 Å². The van der Waals surface area contributed by atoms with Gasteiger partial charge in [-0.15, -0.1) is 0 Å². The second kappa shape index (κ2) is 4.11. The summed E-state index contributed by atoms with van der Waals surface area (Å²) in [5.41, 5.74) is 0.672. The Balaban J connectivity index is 2.61. The van der Waals surface area contributed by atoms with Gasteiger partial charge in [0.15, 0.2) is 15.9 Å². The molecular weight excluding hydrogens is 258 g/mol. The first-order valence-corrected chi connectivity index (χ1v) is 6.92. The molecule has 0 bridgehead atoms. The predicted octanol–water partition coefficient (Wildman–Crippen LogP) is 0.689. The van der Waals surface area contributed by atoms with Crippen LogP contribution in [0.2, 0.25) is 0 Å². The molecule has 0 aliphatic carbocycles. The van der Waals surface area contributed by atoms with Gasteiger partial charge >= 0.3 is 5.97 Å². The molecule has 1 unspecified atom stereocenters. The first kappa shape index (κ1) is 12.6. The Morgan fingerprint density at radius 1 is 1.39 bits per heavy atom. The molecule has 2 aromatic rings. The van der Waals surface area contributed by atoms with E-state index in [1.165, 1.54) is 24.4 Å². The largest absolute Gasteiger partial charge is 0.479 e. The number of aromatic amines is 1. The van der Waals surface area contributed by atoms with Crippen LogP contribution in [-0.4, -0.2) is 35.8 Å². The molecule has 0 aliphatic heterocycles. The number of hydrogen-bond donors (Lipinski definition) is 3. The van der Waals surface area contributed by atoms with E-state index >= 15 is 0 Å². The first-order chi connectivity index (χ1) is 8.30. The number of aliphatic hydroxyl groups is 1. The lowest BCUT2D eigenvalue weighted by atomic mass is 10.1. The van der Waals surface area contributed by atoms with Crippen LogP contribution in [0.5, 0.6) is 0 Å². The zero-order valence-corrected chi connectivity index (χ0v) is 10.2. The van der Waals surface area contributed by atoms with Crippen LogP contribution < -0.4 is 0 Å². The number of H-pyrrole nitrogens is 1. The highest BCUT2D eigenvalue weighted by atomic mass is 32.2. The summed E-state index contributed by atoms with van der Waals surface area (Å²) < 4.78 is 22.7. The maximum atomic E-state index is 11.4. The quantitative estimate of drug-likeness (QED) is 0.759. The van der Waals surface area contributed by atoms with Crippen molar-refractivity contribution in [1.82, 2.24) is 4.98 Å². The molecule has 6 nitrogen and oxygen atoms in total. The van der Waals surface area contributed by atoms with Crippen molar-refractivity contribution < 1.29 is 23.4 Å². The lowest BCUT2D eigenvalue weighted by Crippen LogP contribution is -2.09. The highest BCUT2D eigenvalue weighted by Gasteiger charge is 2.20. The topological polar surface area (TPSA) is 107 Å². The SMILES string of the molecule is CS(=O)(=O)c1ccc2c(C(O)C(=O)O)c[nH]c2c1. The molecule has 1 atom stereocenters. The Kier molecular flexibility index (Phi) is 2.88. The molecule has 0 spiro atoms. The van der Waals surface area contributed by atoms with Gasteiger partial charge in [-0.25, -0.2) is 13.2 Å². The van der Waals surface area contributed by atoms with E-state index < -0.39 is 21.9 Å². The second-order valence-corrected chi connectivity index (χ2v) is 5.98. The molecule has 0 fully saturated rings. The normalized spacial score (nSPS) is 13.7. The van der Waals surface area contributed by atoms with E-state index in [1.54, 1.807) is 0 Å². The molecule has 0 saturated carbocycles. The Morgan fingerprint density at radius 2 is 2.06 bits per heavy atom. The smallest absolute Gasteiger partial charge is 0.337 e. The van der Waals surface area contributed by atoms with Gasteiger partial charge in [0.05, 0.1) is 4.90 Å². The molecule has 0 amide bonds. The second-order valence-electron chi connectivity index (χ2n) is 3.96. The fraction of sp³-hybridized carbons (Fsp3) is 0.182. The average Bonchev–Trinajstić information content (AvgIpc) is 2.69. The summed E-state index contributed by atoms with van der Waals surface area (Å²) in [5, 5.41) is 18.7. The van der Waals surface area contributed by atoms with Crippen molar-refractivity contribution in [3.63, 3.8) is 0 Å². The molecule has 1 aromatic heterocycles. The van der Waals surface area contributed by atoms with E-state index in [2.05, 4.69) is 4.98 Å². The van der Waals surface area contributed by atoms with Gasteiger partial charge in [0.1, 0.15) is 0 Å². The Labute approximate surface area is 103 Å². The zero-order chi connectivity index (χ0) is 13.5. The average molecular weight is 269 g/mol. The number of benzene rings is 1. The van der Waals surface area contributed by atoms with E-state index in [4.69, 9.17) is 5.11 Å². The standard InChI is InChI=1S/C11H11NO5S/c1-18(16,17)6-2-3-7-8(10(13)11(14)15)5-12-9(7)4-6/h2-5,10,12-13H,1H3,(H,14,15). The van der Waals surface area contributed by atoms with Crippen LogP contribution >= 0.6 is 0 Å². The van der Waals surface area contributed by atoms with Crippen molar-refractivity contribution >= 4 is 26.7 Å². The Bertz CT molecular complexity index is 716. The summed E-state index contributed by atoms with van der Waals surface area (Å²) >= 11 is 0. The molecule has 96 valence electrons. The Hall–Kier alpha value is -1.86. The van der Waals surface area contributed by atoms with Gasteiger partial charge in [0.25, 0.3) is 0 Å². The number of aromatic nitrogens is 1. The van der Waals surface area contributed by atoms with E-state index in [-0.39, 0.29) is 10.5 Å². The van der Waals surface area contributed by atoms with Crippen LogP contribution in [0.15, 0.2) is 29.3 Å². The minimum Gasteiger partial charge on any atom is -0.479 e. The van der Waals surface area contributed by atoms with Crippen molar-refractivity contribution in [2.45, 2.75) is 11.0 Å². The van der Waals surface area contributed by atoms with E-state index in [1.807, 2.05) is 0 Å². The van der Waals surface area contributed by atoms with Crippen LogP contribution in [-0.2, 0) is 14.6 Å². The van der Waals surface area contributed by atoms with Gasteiger partial charge in [0.2, 0.25) is 0 Å². The fourth-order valence-electron chi connectivity index (χ4n) is 1.72. The number of nitrogens with one attached hydrogen (secondary N) is 1. The van der Waals surface area contributed by atoms with Crippen LogP contribution in [0.1, 0.15) is 11.7 Å². The minimum absolute atomic E-state index is 0.133. The van der Waals surface area contributed by atoms with E-state index in [0.717, 1.165) is 6.26 Å². The monoisotopic (exact) mass is 269 g/mol. The summed E-state index contributed by atoms with van der Waals surface area (Å²) in [6.07, 6.45) is 0.808. The van der Waals surface area contributed by atoms with Gasteiger partial charge in [-0.2, -0.15) is 0 Å². The number of fused-ring (bicyclic) bond motifs is 1. The van der Waals surface area contributed by atoms with Crippen LogP contribution in [0, 0.1) is 0 Å². The molecule has 1 aromatic carbocycles. The van der Waals surface area contributed by atoms with Crippen LogP contribution in [0.3, 0.4) is 0 Å². The number of carbonyl (C=O) groups is 1. The van der Waals surface area contributed by atoms with Gasteiger partial charge < -0.3 is 15.2 Å². The number of carboxylic acid groups (broad SMARTS) is 1. The zero-order valence-electron chi connectivity index (χ0n) is 9.41. The van der Waals surface area contributed by atoms with Gasteiger partial charge in [0, 0.05) is 28.9 Å². The minimum atomic E-state index is -3.32. The lowest BCUT2D eigenvalue weighted by Gasteiger charge is -2.04. The number of sulfone groups is 1. The van der Waals surface area contributed by atoms with Crippen LogP contribution in [0.25, 0.3) is 10.9 Å². The van der Waals surface area contributed by atoms with Crippen LogP contribution in [0.4, 0.5) is 0 Å². The summed E-state index contributed by atoms with van der Waals surface area (Å²) in [6.45, 7) is 0. The fourth-order valence-corrected chi connectivity index (χ4v) is 2.36. The summed E-state index contributed by atoms with van der Waals surface area (Å²) in [6, 6.07) is 4.26. The highest BCUT2D eigenvalue weighted by molar-refractivity contribution is 7.90. The summed E-state index contributed by atoms with van der Waals surface area (Å²) in [4.78, 5) is 13.6. The number of aliphatic hydroxyl groups excluding tert-OH is 1. The van der Waals surface area contributed by atoms with Gasteiger partial charge in [-0.05, 0) is 12.1 Å². The third-order valence-electron chi connectivity index (χ3n) is 2.64. The molecule has 1 heterocycles. The lowest BCUT2D eigenvalue weighted by molar-refractivity contribution is -0.146. The number of hydrogen-bond acceptors (Lipinski definition) is 4. The van der Waals surface area contributed by atoms with E-state index in [9.17, 15) is 18.3 Å². The van der Waals surface area contributed by atoms with Crippen molar-refractivity contribution in [3.05, 3.63) is 30.0 Å². The molecule has 7 heteroatoms. The van der Waals surface area contributed by atoms with Crippen molar-refractivity contribution in [2.24, 2.45) is 0 Å². The molecule has 18 heavy (non-hydrogen) atoms. The Morgan fingerprint density at radius 3 is 2.61 bits per heavy atom. The van der Waals surface area contributed by atoms with Crippen molar-refractivity contribution in [3.8, 4) is 0 Å². The molecule has 0 aliphatic rings. The van der Waals surface area contributed by atoms with Crippen molar-refractivity contribution in [2.75, 3.05) is 6.26 Å². The molecule has 0 radical (unpaired) electrons. The first-order valence-electron chi connectivity index (χ1n) is 5.02. The molecule has 0 saturated heterocycles. The van der Waals surface area contributed by atoms with Crippen molar-refractivity contribution in [1.29, 1.82) is 0 Å². The third kappa shape index (κ3) is 2.09.